The van der Waals surface area contributed by atoms with E-state index in [0.29, 0.717) is 43.4 Å². The molecule has 0 spiro atoms. The Bertz CT molecular complexity index is 441. The van der Waals surface area contributed by atoms with Gasteiger partial charge in [-0.2, -0.15) is 4.98 Å². The van der Waals surface area contributed by atoms with Crippen molar-refractivity contribution in [1.82, 2.24) is 15.0 Å². The van der Waals surface area contributed by atoms with Crippen LogP contribution >= 0.6 is 0 Å². The number of ether oxygens (including phenoxy) is 1. The summed E-state index contributed by atoms with van der Waals surface area (Å²) < 4.78 is 10.2. The lowest BCUT2D eigenvalue weighted by atomic mass is 10.1. The third kappa shape index (κ3) is 4.59. The van der Waals surface area contributed by atoms with Crippen molar-refractivity contribution >= 4 is 5.97 Å². The Labute approximate surface area is 119 Å². The van der Waals surface area contributed by atoms with Crippen molar-refractivity contribution in [3.8, 4) is 0 Å². The highest BCUT2D eigenvalue weighted by atomic mass is 16.5. The van der Waals surface area contributed by atoms with Crippen LogP contribution in [-0.2, 0) is 22.5 Å². The van der Waals surface area contributed by atoms with Crippen molar-refractivity contribution in [2.24, 2.45) is 5.92 Å². The zero-order valence-electron chi connectivity index (χ0n) is 12.5. The minimum Gasteiger partial charge on any atom is -0.465 e. The van der Waals surface area contributed by atoms with Gasteiger partial charge in [0.25, 0.3) is 0 Å². The summed E-state index contributed by atoms with van der Waals surface area (Å²) in [5.74, 6) is 1.62. The zero-order chi connectivity index (χ0) is 14.5. The number of rotatable bonds is 8. The third-order valence-corrected chi connectivity index (χ3v) is 3.14. The first-order chi connectivity index (χ1) is 9.58. The maximum absolute atomic E-state index is 11.6. The Morgan fingerprint density at radius 3 is 2.85 bits per heavy atom. The topological polar surface area (TPSA) is 68.5 Å². The predicted octanol–water partition coefficient (Wildman–Crippen LogP) is 1.80. The van der Waals surface area contributed by atoms with E-state index >= 15 is 0 Å². The molecule has 2 rings (SSSR count). The number of hydrogen-bond donors (Lipinski definition) is 0. The molecular formula is C14H23N3O3. The van der Waals surface area contributed by atoms with E-state index in [1.807, 2.05) is 6.92 Å². The molecule has 1 saturated carbocycles. The quantitative estimate of drug-likeness (QED) is 0.677. The summed E-state index contributed by atoms with van der Waals surface area (Å²) in [5.41, 5.74) is 0. The highest BCUT2D eigenvalue weighted by molar-refractivity contribution is 5.71. The van der Waals surface area contributed by atoms with Gasteiger partial charge in [0.15, 0.2) is 5.82 Å². The second-order valence-electron chi connectivity index (χ2n) is 5.64. The molecule has 20 heavy (non-hydrogen) atoms. The van der Waals surface area contributed by atoms with Gasteiger partial charge >= 0.3 is 5.97 Å². The first-order valence-electron chi connectivity index (χ1n) is 7.29. The van der Waals surface area contributed by atoms with Gasteiger partial charge in [-0.15, -0.1) is 0 Å². The number of hydrogen-bond acceptors (Lipinski definition) is 6. The van der Waals surface area contributed by atoms with E-state index in [1.165, 1.54) is 0 Å². The molecule has 6 nitrogen and oxygen atoms in total. The van der Waals surface area contributed by atoms with E-state index in [1.54, 1.807) is 0 Å². The molecule has 112 valence electrons. The average Bonchev–Trinajstić information content (AvgIpc) is 3.12. The summed E-state index contributed by atoms with van der Waals surface area (Å²) in [7, 11) is 0. The van der Waals surface area contributed by atoms with Crippen LogP contribution in [0.15, 0.2) is 4.52 Å². The summed E-state index contributed by atoms with van der Waals surface area (Å²) in [4.78, 5) is 18.1. The smallest absolute Gasteiger partial charge is 0.320 e. The summed E-state index contributed by atoms with van der Waals surface area (Å²) in [6.45, 7) is 7.30. The molecule has 1 fully saturated rings. The molecule has 1 aromatic heterocycles. The Kier molecular flexibility index (Phi) is 5.11. The molecule has 0 amide bonds. The van der Waals surface area contributed by atoms with Gasteiger partial charge in [-0.25, -0.2) is 0 Å². The molecule has 0 radical (unpaired) electrons. The van der Waals surface area contributed by atoms with E-state index in [9.17, 15) is 4.79 Å². The first-order valence-corrected chi connectivity index (χ1v) is 7.29. The molecule has 1 aliphatic carbocycles. The van der Waals surface area contributed by atoms with Crippen LogP contribution in [-0.4, -0.2) is 40.2 Å². The van der Waals surface area contributed by atoms with Crippen LogP contribution in [0, 0.1) is 5.92 Å². The number of aromatic nitrogens is 2. The van der Waals surface area contributed by atoms with E-state index in [0.717, 1.165) is 19.3 Å². The van der Waals surface area contributed by atoms with Gasteiger partial charge < -0.3 is 9.26 Å². The molecule has 0 atom stereocenters. The molecule has 0 bridgehead atoms. The fraction of sp³-hybridized carbons (Fsp3) is 0.786. The Morgan fingerprint density at radius 2 is 2.25 bits per heavy atom. The molecule has 1 aromatic rings. The SMILES string of the molecule is CCOC(=O)CN(Cc1noc(CC(C)C)n1)C1CC1. The van der Waals surface area contributed by atoms with Gasteiger partial charge in [0, 0.05) is 12.5 Å². The maximum atomic E-state index is 11.6. The van der Waals surface area contributed by atoms with Crippen molar-refractivity contribution in [2.45, 2.75) is 52.6 Å². The number of nitrogens with zero attached hydrogens (tertiary/aromatic N) is 3. The number of esters is 1. The molecule has 0 aliphatic heterocycles. The van der Waals surface area contributed by atoms with Gasteiger partial charge in [-0.1, -0.05) is 19.0 Å². The fourth-order valence-electron chi connectivity index (χ4n) is 2.09. The summed E-state index contributed by atoms with van der Waals surface area (Å²) >= 11 is 0. The van der Waals surface area contributed by atoms with Crippen LogP contribution in [0.1, 0.15) is 45.3 Å². The van der Waals surface area contributed by atoms with Crippen LogP contribution in [0.5, 0.6) is 0 Å². The highest BCUT2D eigenvalue weighted by Gasteiger charge is 2.31. The van der Waals surface area contributed by atoms with E-state index in [-0.39, 0.29) is 5.97 Å². The predicted molar refractivity (Wildman–Crippen MR) is 72.9 cm³/mol. The van der Waals surface area contributed by atoms with E-state index < -0.39 is 0 Å². The van der Waals surface area contributed by atoms with Crippen LogP contribution in [0.3, 0.4) is 0 Å². The monoisotopic (exact) mass is 281 g/mol. The molecule has 0 aromatic carbocycles. The van der Waals surface area contributed by atoms with Crippen molar-refractivity contribution < 1.29 is 14.1 Å². The maximum Gasteiger partial charge on any atom is 0.320 e. The minimum absolute atomic E-state index is 0.190. The summed E-state index contributed by atoms with van der Waals surface area (Å²) in [6, 6.07) is 0.450. The fourth-order valence-corrected chi connectivity index (χ4v) is 2.09. The molecule has 6 heteroatoms. The van der Waals surface area contributed by atoms with Crippen molar-refractivity contribution in [1.29, 1.82) is 0 Å². The van der Waals surface area contributed by atoms with Gasteiger partial charge in [0.05, 0.1) is 19.7 Å². The number of carbonyl (C=O) groups is 1. The molecule has 0 unspecified atom stereocenters. The van der Waals surface area contributed by atoms with Crippen LogP contribution in [0.4, 0.5) is 0 Å². The second kappa shape index (κ2) is 6.83. The normalized spacial score (nSPS) is 15.1. The number of carbonyl (C=O) groups excluding carboxylic acids is 1. The first kappa shape index (κ1) is 15.0. The molecule has 0 saturated heterocycles. The lowest BCUT2D eigenvalue weighted by Crippen LogP contribution is -2.32. The lowest BCUT2D eigenvalue weighted by molar-refractivity contribution is -0.144. The van der Waals surface area contributed by atoms with Crippen LogP contribution < -0.4 is 0 Å². The van der Waals surface area contributed by atoms with E-state index in [2.05, 4.69) is 28.9 Å². The standard InChI is InChI=1S/C14H23N3O3/c1-4-19-14(18)9-17(11-5-6-11)8-12-15-13(20-16-12)7-10(2)3/h10-11H,4-9H2,1-3H3. The molecule has 1 aliphatic rings. The molecule has 0 N–H and O–H groups in total. The van der Waals surface area contributed by atoms with Crippen LogP contribution in [0.25, 0.3) is 0 Å². The van der Waals surface area contributed by atoms with E-state index in [4.69, 9.17) is 9.26 Å². The van der Waals surface area contributed by atoms with Gasteiger partial charge in [0.1, 0.15) is 0 Å². The van der Waals surface area contributed by atoms with Gasteiger partial charge in [-0.05, 0) is 25.7 Å². The second-order valence-corrected chi connectivity index (χ2v) is 5.64. The molecular weight excluding hydrogens is 258 g/mol. The van der Waals surface area contributed by atoms with Crippen molar-refractivity contribution in [2.75, 3.05) is 13.2 Å². The Morgan fingerprint density at radius 1 is 1.50 bits per heavy atom. The Hall–Kier alpha value is -1.43. The Balaban J connectivity index is 1.90. The lowest BCUT2D eigenvalue weighted by Gasteiger charge is -2.18. The average molecular weight is 281 g/mol. The van der Waals surface area contributed by atoms with Crippen LogP contribution in [0.2, 0.25) is 0 Å². The zero-order valence-corrected chi connectivity index (χ0v) is 12.5. The van der Waals surface area contributed by atoms with Gasteiger partial charge in [-0.3, -0.25) is 9.69 Å². The van der Waals surface area contributed by atoms with Crippen molar-refractivity contribution in [3.05, 3.63) is 11.7 Å². The minimum atomic E-state index is -0.190. The summed E-state index contributed by atoms with van der Waals surface area (Å²) in [5, 5.41) is 3.99. The largest absolute Gasteiger partial charge is 0.465 e. The third-order valence-electron chi connectivity index (χ3n) is 3.14. The van der Waals surface area contributed by atoms with Gasteiger partial charge in [0.2, 0.25) is 5.89 Å². The van der Waals surface area contributed by atoms with Crippen molar-refractivity contribution in [3.63, 3.8) is 0 Å². The summed E-state index contributed by atoms with van der Waals surface area (Å²) in [6.07, 6.45) is 3.03. The highest BCUT2D eigenvalue weighted by Crippen LogP contribution is 2.27. The molecule has 1 heterocycles.